The summed E-state index contributed by atoms with van der Waals surface area (Å²) in [6.45, 7) is 4.04. The number of hydrogen-bond acceptors (Lipinski definition) is 6. The number of likely N-dealkylation sites (tertiary alicyclic amines) is 1. The van der Waals surface area contributed by atoms with Crippen LogP contribution in [0.15, 0.2) is 66.7 Å². The Labute approximate surface area is 205 Å². The summed E-state index contributed by atoms with van der Waals surface area (Å²) >= 11 is 0. The molecule has 2 aromatic heterocycles. The lowest BCUT2D eigenvalue weighted by atomic mass is 10.1. The monoisotopic (exact) mass is 470 g/mol. The number of fused-ring (bicyclic) bond motifs is 1. The molecule has 0 bridgehead atoms. The Bertz CT molecular complexity index is 1290. The summed E-state index contributed by atoms with van der Waals surface area (Å²) in [5.74, 6) is 1.35. The summed E-state index contributed by atoms with van der Waals surface area (Å²) in [6, 6.07) is 21.3. The van der Waals surface area contributed by atoms with Crippen molar-refractivity contribution in [2.24, 2.45) is 0 Å². The van der Waals surface area contributed by atoms with Crippen molar-refractivity contribution in [1.82, 2.24) is 24.4 Å². The molecule has 1 fully saturated rings. The van der Waals surface area contributed by atoms with E-state index in [0.29, 0.717) is 18.1 Å². The summed E-state index contributed by atoms with van der Waals surface area (Å²) < 4.78 is 7.70. The van der Waals surface area contributed by atoms with Crippen molar-refractivity contribution in [3.63, 3.8) is 0 Å². The van der Waals surface area contributed by atoms with Gasteiger partial charge in [0, 0.05) is 37.5 Å². The molecule has 1 amide bonds. The smallest absolute Gasteiger partial charge is 0.253 e. The van der Waals surface area contributed by atoms with Crippen molar-refractivity contribution in [1.29, 1.82) is 0 Å². The van der Waals surface area contributed by atoms with Crippen molar-refractivity contribution in [3.8, 4) is 17.0 Å². The number of ether oxygens (including phenoxy) is 1. The predicted molar refractivity (Wildman–Crippen MR) is 137 cm³/mol. The van der Waals surface area contributed by atoms with Gasteiger partial charge in [-0.05, 0) is 74.5 Å². The molecule has 0 radical (unpaired) electrons. The average Bonchev–Trinajstić information content (AvgIpc) is 3.54. The Kier molecular flexibility index (Phi) is 6.63. The average molecular weight is 471 g/mol. The molecule has 3 heterocycles. The van der Waals surface area contributed by atoms with Gasteiger partial charge < -0.3 is 15.0 Å². The third-order valence-electron chi connectivity index (χ3n) is 6.18. The minimum absolute atomic E-state index is 0.0231. The normalized spacial score (nSPS) is 13.8. The second kappa shape index (κ2) is 10.1. The molecule has 4 aromatic rings. The first-order chi connectivity index (χ1) is 17.1. The van der Waals surface area contributed by atoms with Crippen LogP contribution in [0.2, 0.25) is 0 Å². The van der Waals surface area contributed by atoms with Gasteiger partial charge in [-0.3, -0.25) is 9.69 Å². The number of rotatable bonds is 8. The fraction of sp³-hybridized carbons (Fsp3) is 0.296. The van der Waals surface area contributed by atoms with Crippen LogP contribution < -0.4 is 10.1 Å². The number of anilines is 2. The molecular formula is C27H30N6O2. The molecule has 180 valence electrons. The van der Waals surface area contributed by atoms with Gasteiger partial charge in [-0.2, -0.15) is 4.98 Å². The van der Waals surface area contributed by atoms with E-state index in [2.05, 4.69) is 20.3 Å². The van der Waals surface area contributed by atoms with Gasteiger partial charge in [0.2, 0.25) is 5.95 Å². The number of carbonyl (C=O) groups excluding carboxylic acids is 1. The van der Waals surface area contributed by atoms with Crippen molar-refractivity contribution in [2.75, 3.05) is 45.7 Å². The Balaban J connectivity index is 1.27. The highest BCUT2D eigenvalue weighted by Gasteiger charge is 2.13. The molecular weight excluding hydrogens is 440 g/mol. The molecule has 8 heteroatoms. The molecule has 8 nitrogen and oxygen atoms in total. The largest absolute Gasteiger partial charge is 0.492 e. The van der Waals surface area contributed by atoms with Crippen LogP contribution in [0.5, 0.6) is 5.75 Å². The Hall–Kier alpha value is -3.91. The second-order valence-corrected chi connectivity index (χ2v) is 8.94. The van der Waals surface area contributed by atoms with E-state index in [-0.39, 0.29) is 5.91 Å². The topological polar surface area (TPSA) is 75.0 Å². The number of carbonyl (C=O) groups is 1. The van der Waals surface area contributed by atoms with E-state index in [0.717, 1.165) is 34.9 Å². The first kappa shape index (κ1) is 22.9. The van der Waals surface area contributed by atoms with Gasteiger partial charge in [-0.25, -0.2) is 4.52 Å². The van der Waals surface area contributed by atoms with Gasteiger partial charge in [-0.15, -0.1) is 5.10 Å². The van der Waals surface area contributed by atoms with Gasteiger partial charge in [0.05, 0.1) is 5.69 Å². The van der Waals surface area contributed by atoms with E-state index < -0.39 is 0 Å². The molecule has 5 rings (SSSR count). The molecule has 1 N–H and O–H groups in total. The second-order valence-electron chi connectivity index (χ2n) is 8.94. The van der Waals surface area contributed by atoms with E-state index in [9.17, 15) is 4.79 Å². The van der Waals surface area contributed by atoms with E-state index in [1.54, 1.807) is 23.5 Å². The van der Waals surface area contributed by atoms with Crippen LogP contribution in [-0.2, 0) is 0 Å². The minimum Gasteiger partial charge on any atom is -0.492 e. The molecule has 0 saturated carbocycles. The number of aromatic nitrogens is 3. The van der Waals surface area contributed by atoms with Crippen LogP contribution >= 0.6 is 0 Å². The summed E-state index contributed by atoms with van der Waals surface area (Å²) in [5, 5.41) is 7.95. The summed E-state index contributed by atoms with van der Waals surface area (Å²) in [6.07, 6.45) is 2.59. The van der Waals surface area contributed by atoms with Crippen molar-refractivity contribution in [2.45, 2.75) is 12.8 Å². The Morgan fingerprint density at radius 3 is 2.46 bits per heavy atom. The number of amides is 1. The number of nitrogens with zero attached hydrogens (tertiary/aromatic N) is 5. The standard InChI is InChI=1S/C27H30N6O2/c1-31(2)26(34)21-10-8-20(9-11-21)24-6-5-7-25-29-27(30-33(24)25)28-22-12-14-23(15-13-22)35-19-18-32-16-3-4-17-32/h5-15H,3-4,16-19H2,1-2H3,(H,28,30). The zero-order valence-corrected chi connectivity index (χ0v) is 20.1. The third-order valence-corrected chi connectivity index (χ3v) is 6.18. The summed E-state index contributed by atoms with van der Waals surface area (Å²) in [7, 11) is 3.49. The number of benzene rings is 2. The minimum atomic E-state index is -0.0231. The van der Waals surface area contributed by atoms with Gasteiger partial charge in [0.1, 0.15) is 12.4 Å². The highest BCUT2D eigenvalue weighted by molar-refractivity contribution is 5.94. The highest BCUT2D eigenvalue weighted by Crippen LogP contribution is 2.24. The van der Waals surface area contributed by atoms with Crippen molar-refractivity contribution < 1.29 is 9.53 Å². The van der Waals surface area contributed by atoms with Gasteiger partial charge in [0.15, 0.2) is 5.65 Å². The molecule has 35 heavy (non-hydrogen) atoms. The van der Waals surface area contributed by atoms with Gasteiger partial charge in [-0.1, -0.05) is 18.2 Å². The quantitative estimate of drug-likeness (QED) is 0.414. The van der Waals surface area contributed by atoms with Gasteiger partial charge >= 0.3 is 0 Å². The number of hydrogen-bond donors (Lipinski definition) is 1. The highest BCUT2D eigenvalue weighted by atomic mass is 16.5. The maximum atomic E-state index is 12.2. The molecule has 1 aliphatic rings. The fourth-order valence-electron chi connectivity index (χ4n) is 4.28. The molecule has 2 aromatic carbocycles. The Morgan fingerprint density at radius 2 is 1.74 bits per heavy atom. The van der Waals surface area contributed by atoms with E-state index in [1.165, 1.54) is 25.9 Å². The number of nitrogens with one attached hydrogen (secondary N) is 1. The molecule has 1 saturated heterocycles. The van der Waals surface area contributed by atoms with Crippen LogP contribution in [0, 0.1) is 0 Å². The third kappa shape index (κ3) is 5.27. The molecule has 0 atom stereocenters. The molecule has 0 unspecified atom stereocenters. The van der Waals surface area contributed by atoms with E-state index in [4.69, 9.17) is 4.74 Å². The van der Waals surface area contributed by atoms with Crippen LogP contribution in [0.4, 0.5) is 11.6 Å². The maximum absolute atomic E-state index is 12.2. The van der Waals surface area contributed by atoms with Crippen LogP contribution in [-0.4, -0.2) is 70.6 Å². The number of pyridine rings is 1. The lowest BCUT2D eigenvalue weighted by molar-refractivity contribution is 0.0827. The SMILES string of the molecule is CN(C)C(=O)c1ccc(-c2cccc3nc(Nc4ccc(OCCN5CCCC5)cc4)nn23)cc1. The van der Waals surface area contributed by atoms with E-state index in [1.807, 2.05) is 66.7 Å². The predicted octanol–water partition coefficient (Wildman–Crippen LogP) is 4.32. The lowest BCUT2D eigenvalue weighted by Crippen LogP contribution is -2.25. The fourth-order valence-corrected chi connectivity index (χ4v) is 4.28. The lowest BCUT2D eigenvalue weighted by Gasteiger charge is -2.15. The van der Waals surface area contributed by atoms with Crippen LogP contribution in [0.1, 0.15) is 23.2 Å². The zero-order chi connectivity index (χ0) is 24.2. The van der Waals surface area contributed by atoms with Crippen LogP contribution in [0.25, 0.3) is 16.9 Å². The molecule has 1 aliphatic heterocycles. The summed E-state index contributed by atoms with van der Waals surface area (Å²) in [5.41, 5.74) is 4.13. The van der Waals surface area contributed by atoms with Crippen molar-refractivity contribution in [3.05, 3.63) is 72.3 Å². The van der Waals surface area contributed by atoms with E-state index >= 15 is 0 Å². The Morgan fingerprint density at radius 1 is 1.00 bits per heavy atom. The molecule has 0 aliphatic carbocycles. The maximum Gasteiger partial charge on any atom is 0.253 e. The zero-order valence-electron chi connectivity index (χ0n) is 20.1. The van der Waals surface area contributed by atoms with Crippen LogP contribution in [0.3, 0.4) is 0 Å². The first-order valence-corrected chi connectivity index (χ1v) is 12.0. The first-order valence-electron chi connectivity index (χ1n) is 12.0. The molecule has 0 spiro atoms. The van der Waals surface area contributed by atoms with Gasteiger partial charge in [0.25, 0.3) is 5.91 Å². The summed E-state index contributed by atoms with van der Waals surface area (Å²) in [4.78, 5) is 20.8. The van der Waals surface area contributed by atoms with Crippen molar-refractivity contribution >= 4 is 23.2 Å².